The minimum Gasteiger partial charge on any atom is -0.389 e. The van der Waals surface area contributed by atoms with Gasteiger partial charge in [-0.05, 0) is 31.1 Å². The van der Waals surface area contributed by atoms with E-state index in [-0.39, 0.29) is 6.10 Å². The largest absolute Gasteiger partial charge is 0.389 e. The maximum Gasteiger partial charge on any atom is 0.0897 e. The van der Waals surface area contributed by atoms with Gasteiger partial charge in [0.1, 0.15) is 0 Å². The van der Waals surface area contributed by atoms with Crippen LogP contribution < -0.4 is 5.32 Å². The predicted molar refractivity (Wildman–Crippen MR) is 69.0 cm³/mol. The van der Waals surface area contributed by atoms with Gasteiger partial charge in [0.25, 0.3) is 0 Å². The lowest BCUT2D eigenvalue weighted by Crippen LogP contribution is -2.41. The van der Waals surface area contributed by atoms with Crippen LogP contribution >= 0.6 is 0 Å². The molecule has 3 nitrogen and oxygen atoms in total. The third-order valence-electron chi connectivity index (χ3n) is 4.32. The summed E-state index contributed by atoms with van der Waals surface area (Å²) >= 11 is 0. The van der Waals surface area contributed by atoms with E-state index in [1.807, 2.05) is 0 Å². The molecule has 2 N–H and O–H groups in total. The Hall–Kier alpha value is -0.120. The molecule has 2 aliphatic carbocycles. The summed E-state index contributed by atoms with van der Waals surface area (Å²) in [5.74, 6) is 0. The average molecular weight is 241 g/mol. The highest BCUT2D eigenvalue weighted by atomic mass is 16.5. The monoisotopic (exact) mass is 241 g/mol. The lowest BCUT2D eigenvalue weighted by atomic mass is 9.70. The molecule has 2 aliphatic rings. The molecule has 0 aromatic carbocycles. The molecule has 0 heterocycles. The van der Waals surface area contributed by atoms with Crippen molar-refractivity contribution in [1.82, 2.24) is 5.32 Å². The van der Waals surface area contributed by atoms with Crippen molar-refractivity contribution in [2.75, 3.05) is 19.7 Å². The van der Waals surface area contributed by atoms with Crippen molar-refractivity contribution in [3.05, 3.63) is 0 Å². The molecule has 0 aromatic heterocycles. The second kappa shape index (κ2) is 6.17. The van der Waals surface area contributed by atoms with Crippen molar-refractivity contribution in [3.8, 4) is 0 Å². The molecule has 1 unspecified atom stereocenters. The first-order valence-electron chi connectivity index (χ1n) is 7.18. The molecule has 0 spiro atoms. The van der Waals surface area contributed by atoms with E-state index in [4.69, 9.17) is 4.74 Å². The molecule has 0 aromatic rings. The third-order valence-corrected chi connectivity index (χ3v) is 4.32. The topological polar surface area (TPSA) is 41.5 Å². The highest BCUT2D eigenvalue weighted by Crippen LogP contribution is 2.39. The zero-order valence-electron chi connectivity index (χ0n) is 11.1. The second-order valence-electron chi connectivity index (χ2n) is 6.19. The van der Waals surface area contributed by atoms with Crippen LogP contribution in [0.1, 0.15) is 51.9 Å². The minimum atomic E-state index is -0.348. The fourth-order valence-corrected chi connectivity index (χ4v) is 2.86. The van der Waals surface area contributed by atoms with E-state index in [1.54, 1.807) is 0 Å². The Morgan fingerprint density at radius 2 is 2.00 bits per heavy atom. The SMILES string of the molecule is CC1(CNCC(O)COC2CCCC2)CCC1. The van der Waals surface area contributed by atoms with Gasteiger partial charge in [-0.3, -0.25) is 0 Å². The molecular formula is C14H27NO2. The van der Waals surface area contributed by atoms with Crippen molar-refractivity contribution < 1.29 is 9.84 Å². The second-order valence-corrected chi connectivity index (χ2v) is 6.19. The highest BCUT2D eigenvalue weighted by molar-refractivity contribution is 4.85. The van der Waals surface area contributed by atoms with Crippen LogP contribution in [-0.2, 0) is 4.74 Å². The van der Waals surface area contributed by atoms with Crippen molar-refractivity contribution in [2.24, 2.45) is 5.41 Å². The Bertz CT molecular complexity index is 222. The number of aliphatic hydroxyl groups excluding tert-OH is 1. The maximum atomic E-state index is 9.81. The predicted octanol–water partition coefficient (Wildman–Crippen LogP) is 2.09. The van der Waals surface area contributed by atoms with E-state index in [0.29, 0.717) is 24.7 Å². The number of hydrogen-bond donors (Lipinski definition) is 2. The van der Waals surface area contributed by atoms with Gasteiger partial charge in [-0.15, -0.1) is 0 Å². The van der Waals surface area contributed by atoms with E-state index in [1.165, 1.54) is 44.9 Å². The van der Waals surface area contributed by atoms with Crippen molar-refractivity contribution in [2.45, 2.75) is 64.1 Å². The molecule has 2 saturated carbocycles. The van der Waals surface area contributed by atoms with E-state index in [2.05, 4.69) is 12.2 Å². The summed E-state index contributed by atoms with van der Waals surface area (Å²) in [6.45, 7) is 4.52. The van der Waals surface area contributed by atoms with Crippen LogP contribution in [0.2, 0.25) is 0 Å². The Balaban J connectivity index is 1.49. The molecule has 0 aliphatic heterocycles. The van der Waals surface area contributed by atoms with Gasteiger partial charge in [0.15, 0.2) is 0 Å². The fraction of sp³-hybridized carbons (Fsp3) is 1.00. The Labute approximate surface area is 105 Å². The first-order chi connectivity index (χ1) is 8.18. The number of nitrogens with one attached hydrogen (secondary N) is 1. The van der Waals surface area contributed by atoms with Crippen LogP contribution in [0.4, 0.5) is 0 Å². The fourth-order valence-electron chi connectivity index (χ4n) is 2.86. The molecule has 2 fully saturated rings. The first-order valence-corrected chi connectivity index (χ1v) is 7.18. The lowest BCUT2D eigenvalue weighted by Gasteiger charge is -2.38. The third kappa shape index (κ3) is 4.23. The van der Waals surface area contributed by atoms with Crippen LogP contribution in [0.25, 0.3) is 0 Å². The Morgan fingerprint density at radius 1 is 1.29 bits per heavy atom. The molecule has 0 amide bonds. The zero-order chi connectivity index (χ0) is 12.1. The van der Waals surface area contributed by atoms with Crippen LogP contribution in [0.5, 0.6) is 0 Å². The van der Waals surface area contributed by atoms with Crippen molar-refractivity contribution in [3.63, 3.8) is 0 Å². The van der Waals surface area contributed by atoms with Gasteiger partial charge < -0.3 is 15.2 Å². The van der Waals surface area contributed by atoms with E-state index in [9.17, 15) is 5.11 Å². The summed E-state index contributed by atoms with van der Waals surface area (Å²) in [4.78, 5) is 0. The Morgan fingerprint density at radius 3 is 2.59 bits per heavy atom. The van der Waals surface area contributed by atoms with Crippen LogP contribution in [-0.4, -0.2) is 37.0 Å². The smallest absolute Gasteiger partial charge is 0.0897 e. The molecule has 0 bridgehead atoms. The number of hydrogen-bond acceptors (Lipinski definition) is 3. The average Bonchev–Trinajstić information content (AvgIpc) is 2.77. The number of rotatable bonds is 7. The molecule has 17 heavy (non-hydrogen) atoms. The summed E-state index contributed by atoms with van der Waals surface area (Å²) in [7, 11) is 0. The Kier molecular flexibility index (Phi) is 4.83. The van der Waals surface area contributed by atoms with Crippen molar-refractivity contribution >= 4 is 0 Å². The first kappa shape index (κ1) is 13.3. The maximum absolute atomic E-state index is 9.81. The number of aliphatic hydroxyl groups is 1. The molecule has 0 radical (unpaired) electrons. The van der Waals surface area contributed by atoms with Crippen LogP contribution in [0, 0.1) is 5.41 Å². The summed E-state index contributed by atoms with van der Waals surface area (Å²) in [6.07, 6.45) is 9.02. The molecule has 100 valence electrons. The standard InChI is InChI=1S/C14H27NO2/c1-14(7-4-8-14)11-15-9-12(16)10-17-13-5-2-3-6-13/h12-13,15-16H,2-11H2,1H3. The van der Waals surface area contributed by atoms with Gasteiger partial charge in [-0.25, -0.2) is 0 Å². The lowest BCUT2D eigenvalue weighted by molar-refractivity contribution is -0.00684. The van der Waals surface area contributed by atoms with Gasteiger partial charge in [0.2, 0.25) is 0 Å². The van der Waals surface area contributed by atoms with Gasteiger partial charge in [0.05, 0.1) is 18.8 Å². The summed E-state index contributed by atoms with van der Waals surface area (Å²) in [5, 5.41) is 13.2. The molecular weight excluding hydrogens is 214 g/mol. The van der Waals surface area contributed by atoms with E-state index < -0.39 is 0 Å². The van der Waals surface area contributed by atoms with Gasteiger partial charge in [0, 0.05) is 13.1 Å². The normalized spacial score (nSPS) is 25.8. The van der Waals surface area contributed by atoms with Crippen molar-refractivity contribution in [1.29, 1.82) is 0 Å². The van der Waals surface area contributed by atoms with Gasteiger partial charge in [-0.2, -0.15) is 0 Å². The summed E-state index contributed by atoms with van der Waals surface area (Å²) < 4.78 is 5.70. The zero-order valence-corrected chi connectivity index (χ0v) is 11.1. The van der Waals surface area contributed by atoms with Crippen LogP contribution in [0.3, 0.4) is 0 Å². The molecule has 0 saturated heterocycles. The summed E-state index contributed by atoms with van der Waals surface area (Å²) in [6, 6.07) is 0. The quantitative estimate of drug-likeness (QED) is 0.717. The minimum absolute atomic E-state index is 0.348. The molecule has 1 atom stereocenters. The van der Waals surface area contributed by atoms with E-state index >= 15 is 0 Å². The number of ether oxygens (including phenoxy) is 1. The molecule has 3 heteroatoms. The highest BCUT2D eigenvalue weighted by Gasteiger charge is 2.31. The van der Waals surface area contributed by atoms with Gasteiger partial charge >= 0.3 is 0 Å². The molecule has 2 rings (SSSR count). The van der Waals surface area contributed by atoms with E-state index in [0.717, 1.165) is 6.54 Å². The van der Waals surface area contributed by atoms with Crippen LogP contribution in [0.15, 0.2) is 0 Å². The van der Waals surface area contributed by atoms with Gasteiger partial charge in [-0.1, -0.05) is 26.2 Å². The summed E-state index contributed by atoms with van der Waals surface area (Å²) in [5.41, 5.74) is 0.492.